The monoisotopic (exact) mass is 592 g/mol. The molecule has 0 saturated carbocycles. The number of nitrogens with zero attached hydrogens (tertiary/aromatic N) is 16. The summed E-state index contributed by atoms with van der Waals surface area (Å²) >= 11 is 0. The molecule has 0 aliphatic rings. The fourth-order valence-corrected chi connectivity index (χ4v) is 4.68. The largest absolute Gasteiger partial charge is 0.327 e. The molecule has 0 aromatic carbocycles. The van der Waals surface area contributed by atoms with E-state index in [0.29, 0.717) is 13.1 Å². The van der Waals surface area contributed by atoms with Gasteiger partial charge in [-0.05, 0) is 38.6 Å². The van der Waals surface area contributed by atoms with Crippen molar-refractivity contribution in [2.45, 2.75) is 67.7 Å². The molecule has 0 fully saturated rings. The highest BCUT2D eigenvalue weighted by molar-refractivity contribution is 5.77. The summed E-state index contributed by atoms with van der Waals surface area (Å²) in [5.74, 6) is 0.348. The molecule has 0 unspecified atom stereocenters. The zero-order chi connectivity index (χ0) is 31.5. The summed E-state index contributed by atoms with van der Waals surface area (Å²) in [5.41, 5.74) is 3.70. The van der Waals surface area contributed by atoms with E-state index < -0.39 is 0 Å². The molecule has 0 amide bonds. The van der Waals surface area contributed by atoms with Crippen LogP contribution >= 0.6 is 0 Å². The Hall–Kier alpha value is -5.64. The Balaban J connectivity index is 0.000000175. The Morgan fingerprint density at radius 2 is 1.27 bits per heavy atom. The Morgan fingerprint density at radius 1 is 0.727 bits per heavy atom. The van der Waals surface area contributed by atoms with Crippen LogP contribution in [0.15, 0.2) is 37.2 Å². The third-order valence-electron chi connectivity index (χ3n) is 6.32. The van der Waals surface area contributed by atoms with Crippen LogP contribution in [0.3, 0.4) is 0 Å². The van der Waals surface area contributed by atoms with E-state index in [4.69, 9.17) is 10.5 Å². The van der Waals surface area contributed by atoms with E-state index in [2.05, 4.69) is 102 Å². The zero-order valence-electron chi connectivity index (χ0n) is 25.4. The molecule has 0 radical (unpaired) electrons. The molecule has 6 aromatic rings. The minimum absolute atomic E-state index is 0.0637. The lowest BCUT2D eigenvalue weighted by atomic mass is 9.97. The lowest BCUT2D eigenvalue weighted by molar-refractivity contribution is 0.340. The Kier molecular flexibility index (Phi) is 8.09. The summed E-state index contributed by atoms with van der Waals surface area (Å²) in [6.07, 6.45) is 6.34. The molecule has 0 aliphatic carbocycles. The van der Waals surface area contributed by atoms with E-state index in [1.807, 2.05) is 24.3 Å². The van der Waals surface area contributed by atoms with Gasteiger partial charge in [0, 0.05) is 47.6 Å². The second-order valence-electron chi connectivity index (χ2n) is 12.7. The first-order valence-electron chi connectivity index (χ1n) is 13.8. The summed E-state index contributed by atoms with van der Waals surface area (Å²) in [5, 5.41) is 42.7. The van der Waals surface area contributed by atoms with Gasteiger partial charge in [-0.2, -0.15) is 15.3 Å². The maximum absolute atomic E-state index is 9.02. The molecule has 224 valence electrons. The first-order valence-corrected chi connectivity index (χ1v) is 13.8. The van der Waals surface area contributed by atoms with E-state index in [9.17, 15) is 0 Å². The normalized spacial score (nSPS) is 11.7. The van der Waals surface area contributed by atoms with Gasteiger partial charge in [-0.25, -0.2) is 24.6 Å². The average Bonchev–Trinajstić information content (AvgIpc) is 3.78. The molecule has 44 heavy (non-hydrogen) atoms. The van der Waals surface area contributed by atoms with Crippen LogP contribution in [0, 0.1) is 33.5 Å². The molecule has 0 atom stereocenters. The molecule has 0 saturated heterocycles. The van der Waals surface area contributed by atoms with Crippen LogP contribution in [0.2, 0.25) is 0 Å². The van der Waals surface area contributed by atoms with Gasteiger partial charge in [0.15, 0.2) is 6.33 Å². The summed E-state index contributed by atoms with van der Waals surface area (Å²) < 4.78 is 5.87. The maximum Gasteiger partial charge on any atom is 0.234 e. The van der Waals surface area contributed by atoms with Crippen molar-refractivity contribution < 1.29 is 0 Å². The van der Waals surface area contributed by atoms with Gasteiger partial charge in [0.05, 0.1) is 6.54 Å². The number of rotatable bonds is 6. The van der Waals surface area contributed by atoms with Crippen molar-refractivity contribution in [2.24, 2.45) is 10.8 Å². The fourth-order valence-electron chi connectivity index (χ4n) is 4.68. The molecule has 6 rings (SSSR count). The quantitative estimate of drug-likeness (QED) is 0.274. The first kappa shape index (κ1) is 29.8. The highest BCUT2D eigenvalue weighted by Gasteiger charge is 2.20. The molecule has 6 aromatic heterocycles. The standard InChI is InChI=1S/2C14H16N8/c1-14(2,3)8-22-11(7-21-9-17-19-20-21)4-10-6-16-12(5-15)18-13(10)22;1-14(2,3)8-21-11(7-22-18-9-17-20-22)4-10-6-16-12(5-15)19-13(10)21/h2*4,6,9H,7-8H2,1-3H3. The van der Waals surface area contributed by atoms with Crippen molar-refractivity contribution in [1.82, 2.24) is 69.5 Å². The van der Waals surface area contributed by atoms with Gasteiger partial charge in [-0.1, -0.05) is 41.5 Å². The predicted molar refractivity (Wildman–Crippen MR) is 157 cm³/mol. The average molecular weight is 593 g/mol. The Morgan fingerprint density at radius 3 is 1.70 bits per heavy atom. The van der Waals surface area contributed by atoms with E-state index in [1.54, 1.807) is 23.4 Å². The van der Waals surface area contributed by atoms with E-state index in [-0.39, 0.29) is 22.5 Å². The van der Waals surface area contributed by atoms with Crippen LogP contribution in [-0.4, -0.2) is 69.5 Å². The Labute approximate surface area is 253 Å². The summed E-state index contributed by atoms with van der Waals surface area (Å²) in [4.78, 5) is 18.3. The van der Waals surface area contributed by atoms with E-state index >= 15 is 0 Å². The fraction of sp³-hybridized carbons (Fsp3) is 0.429. The van der Waals surface area contributed by atoms with Crippen molar-refractivity contribution in [3.8, 4) is 12.1 Å². The molecule has 0 spiro atoms. The molecule has 0 aliphatic heterocycles. The van der Waals surface area contributed by atoms with Crippen molar-refractivity contribution >= 4 is 22.1 Å². The second kappa shape index (κ2) is 11.9. The smallest absolute Gasteiger partial charge is 0.234 e. The number of fused-ring (bicyclic) bond motifs is 2. The molecule has 0 bridgehead atoms. The number of aromatic nitrogens is 14. The molecule has 16 heteroatoms. The van der Waals surface area contributed by atoms with E-state index in [1.165, 1.54) is 11.1 Å². The SMILES string of the molecule is CC(C)(C)Cn1c(Cn2cnnn2)cc2cnc(C#N)nc21.CC(C)(C)Cn1c(Cn2ncnn2)cc2cnc(C#N)nc21. The van der Waals surface area contributed by atoms with Gasteiger partial charge < -0.3 is 9.13 Å². The van der Waals surface area contributed by atoms with Crippen LogP contribution in [0.25, 0.3) is 22.1 Å². The third-order valence-corrected chi connectivity index (χ3v) is 6.32. The molecular weight excluding hydrogens is 560 g/mol. The lowest BCUT2D eigenvalue weighted by Gasteiger charge is -2.21. The van der Waals surface area contributed by atoms with Crippen molar-refractivity contribution in [3.05, 3.63) is 60.2 Å². The maximum atomic E-state index is 9.02. The van der Waals surface area contributed by atoms with Crippen LogP contribution in [-0.2, 0) is 26.2 Å². The summed E-state index contributed by atoms with van der Waals surface area (Å²) in [7, 11) is 0. The minimum Gasteiger partial charge on any atom is -0.327 e. The summed E-state index contributed by atoms with van der Waals surface area (Å²) in [6, 6.07) is 8.00. The zero-order valence-corrected chi connectivity index (χ0v) is 25.4. The van der Waals surface area contributed by atoms with Crippen LogP contribution in [0.1, 0.15) is 64.6 Å². The van der Waals surface area contributed by atoms with Crippen LogP contribution < -0.4 is 0 Å². The van der Waals surface area contributed by atoms with Gasteiger partial charge in [0.25, 0.3) is 0 Å². The van der Waals surface area contributed by atoms with Crippen molar-refractivity contribution in [1.29, 1.82) is 10.5 Å². The van der Waals surface area contributed by atoms with Crippen LogP contribution in [0.5, 0.6) is 0 Å². The van der Waals surface area contributed by atoms with Crippen LogP contribution in [0.4, 0.5) is 0 Å². The minimum atomic E-state index is 0.0637. The molecule has 0 N–H and O–H groups in total. The highest BCUT2D eigenvalue weighted by Crippen LogP contribution is 2.26. The van der Waals surface area contributed by atoms with Gasteiger partial charge in [-0.3, -0.25) is 0 Å². The predicted octanol–water partition coefficient (Wildman–Crippen LogP) is 2.77. The van der Waals surface area contributed by atoms with Gasteiger partial charge in [0.1, 0.15) is 36.3 Å². The van der Waals surface area contributed by atoms with Gasteiger partial charge in [-0.15, -0.1) is 15.3 Å². The lowest BCUT2D eigenvalue weighted by Crippen LogP contribution is -2.19. The second-order valence-corrected chi connectivity index (χ2v) is 12.7. The summed E-state index contributed by atoms with van der Waals surface area (Å²) in [6.45, 7) is 15.5. The van der Waals surface area contributed by atoms with Gasteiger partial charge in [0.2, 0.25) is 11.6 Å². The molecule has 6 heterocycles. The number of nitriles is 2. The molecule has 16 nitrogen and oxygen atoms in total. The van der Waals surface area contributed by atoms with E-state index in [0.717, 1.165) is 46.5 Å². The van der Waals surface area contributed by atoms with Gasteiger partial charge >= 0.3 is 0 Å². The number of hydrogen-bond donors (Lipinski definition) is 0. The highest BCUT2D eigenvalue weighted by atomic mass is 15.6. The van der Waals surface area contributed by atoms with Crippen molar-refractivity contribution in [2.75, 3.05) is 0 Å². The van der Waals surface area contributed by atoms with Crippen molar-refractivity contribution in [3.63, 3.8) is 0 Å². The number of tetrazole rings is 2. The molecular formula is C28H32N16. The number of hydrogen-bond acceptors (Lipinski definition) is 12. The first-order chi connectivity index (χ1) is 20.9. The third kappa shape index (κ3) is 7.04. The Bertz CT molecular complexity index is 1810. The topological polar surface area (TPSA) is 196 Å².